The highest BCUT2D eigenvalue weighted by Crippen LogP contribution is 2.34. The highest BCUT2D eigenvalue weighted by molar-refractivity contribution is 5.37. The van der Waals surface area contributed by atoms with Gasteiger partial charge in [-0.15, -0.1) is 0 Å². The SMILES string of the molecule is CN1CCC(O)(c2ccc3c(c2)CN(C)C3)CC1. The third-order valence-corrected chi connectivity index (χ3v) is 4.44. The number of benzene rings is 1. The number of hydrogen-bond acceptors (Lipinski definition) is 3. The van der Waals surface area contributed by atoms with Crippen molar-refractivity contribution in [1.29, 1.82) is 0 Å². The van der Waals surface area contributed by atoms with Crippen LogP contribution in [0.3, 0.4) is 0 Å². The van der Waals surface area contributed by atoms with Crippen molar-refractivity contribution in [2.24, 2.45) is 0 Å². The molecule has 3 rings (SSSR count). The molecule has 1 saturated heterocycles. The molecule has 1 fully saturated rings. The number of fused-ring (bicyclic) bond motifs is 1. The summed E-state index contributed by atoms with van der Waals surface area (Å²) in [6, 6.07) is 6.55. The quantitative estimate of drug-likeness (QED) is 0.814. The Kier molecular flexibility index (Phi) is 2.93. The molecule has 3 heteroatoms. The van der Waals surface area contributed by atoms with E-state index in [9.17, 15) is 5.11 Å². The highest BCUT2D eigenvalue weighted by Gasteiger charge is 2.33. The van der Waals surface area contributed by atoms with Gasteiger partial charge in [-0.3, -0.25) is 4.90 Å². The van der Waals surface area contributed by atoms with Crippen LogP contribution in [0.2, 0.25) is 0 Å². The predicted octanol–water partition coefficient (Wildman–Crippen LogP) is 1.55. The maximum absolute atomic E-state index is 10.8. The van der Waals surface area contributed by atoms with E-state index in [1.54, 1.807) is 0 Å². The van der Waals surface area contributed by atoms with Crippen LogP contribution in [0.1, 0.15) is 29.5 Å². The van der Waals surface area contributed by atoms with Gasteiger partial charge in [0.1, 0.15) is 0 Å². The molecule has 1 aromatic rings. The van der Waals surface area contributed by atoms with E-state index in [1.165, 1.54) is 11.1 Å². The summed E-state index contributed by atoms with van der Waals surface area (Å²) in [5.41, 5.74) is 3.31. The van der Waals surface area contributed by atoms with Gasteiger partial charge in [0.15, 0.2) is 0 Å². The van der Waals surface area contributed by atoms with Gasteiger partial charge in [-0.05, 0) is 43.6 Å². The van der Waals surface area contributed by atoms with Crippen molar-refractivity contribution < 1.29 is 5.11 Å². The Morgan fingerprint density at radius 1 is 1.00 bits per heavy atom. The van der Waals surface area contributed by atoms with Crippen molar-refractivity contribution in [2.75, 3.05) is 27.2 Å². The van der Waals surface area contributed by atoms with Gasteiger partial charge in [0.2, 0.25) is 0 Å². The van der Waals surface area contributed by atoms with Crippen molar-refractivity contribution in [3.8, 4) is 0 Å². The molecule has 18 heavy (non-hydrogen) atoms. The Balaban J connectivity index is 1.87. The zero-order valence-electron chi connectivity index (χ0n) is 11.3. The van der Waals surface area contributed by atoms with E-state index in [-0.39, 0.29) is 0 Å². The Labute approximate surface area is 109 Å². The van der Waals surface area contributed by atoms with Gasteiger partial charge in [0.25, 0.3) is 0 Å². The molecule has 0 spiro atoms. The van der Waals surface area contributed by atoms with Crippen molar-refractivity contribution in [1.82, 2.24) is 9.80 Å². The maximum atomic E-state index is 10.8. The molecule has 0 bridgehead atoms. The van der Waals surface area contributed by atoms with Crippen molar-refractivity contribution in [3.63, 3.8) is 0 Å². The summed E-state index contributed by atoms with van der Waals surface area (Å²) in [6.45, 7) is 4.01. The smallest absolute Gasteiger partial charge is 0.0921 e. The summed E-state index contributed by atoms with van der Waals surface area (Å²) < 4.78 is 0. The Bertz CT molecular complexity index is 450. The zero-order chi connectivity index (χ0) is 12.8. The van der Waals surface area contributed by atoms with Crippen LogP contribution in [0, 0.1) is 0 Å². The second-order valence-corrected chi connectivity index (χ2v) is 5.99. The van der Waals surface area contributed by atoms with Crippen LogP contribution in [-0.4, -0.2) is 42.1 Å². The van der Waals surface area contributed by atoms with Crippen LogP contribution in [0.15, 0.2) is 18.2 Å². The van der Waals surface area contributed by atoms with E-state index in [1.807, 2.05) is 0 Å². The van der Waals surface area contributed by atoms with Gasteiger partial charge in [0, 0.05) is 26.2 Å². The monoisotopic (exact) mass is 246 g/mol. The summed E-state index contributed by atoms with van der Waals surface area (Å²) in [5, 5.41) is 10.8. The average molecular weight is 246 g/mol. The normalized spacial score (nSPS) is 24.2. The molecule has 0 unspecified atom stereocenters. The molecule has 3 nitrogen and oxygen atoms in total. The molecular weight excluding hydrogens is 224 g/mol. The lowest BCUT2D eigenvalue weighted by molar-refractivity contribution is -0.0203. The molecule has 98 valence electrons. The molecule has 1 aromatic carbocycles. The number of aliphatic hydroxyl groups is 1. The topological polar surface area (TPSA) is 26.7 Å². The first-order chi connectivity index (χ1) is 8.57. The standard InChI is InChI=1S/C15H22N2O/c1-16-7-5-15(18,6-8-16)14-4-3-12-10-17(2)11-13(12)9-14/h3-4,9,18H,5-8,10-11H2,1-2H3. The molecule has 0 aromatic heterocycles. The minimum atomic E-state index is -0.608. The molecule has 2 heterocycles. The molecule has 2 aliphatic heterocycles. The van der Waals surface area contributed by atoms with Crippen LogP contribution < -0.4 is 0 Å². The Morgan fingerprint density at radius 2 is 1.67 bits per heavy atom. The summed E-state index contributed by atoms with van der Waals surface area (Å²) in [5.74, 6) is 0. The lowest BCUT2D eigenvalue weighted by Gasteiger charge is -2.37. The van der Waals surface area contributed by atoms with Gasteiger partial charge >= 0.3 is 0 Å². The number of nitrogens with zero attached hydrogens (tertiary/aromatic N) is 2. The lowest BCUT2D eigenvalue weighted by Crippen LogP contribution is -2.40. The van der Waals surface area contributed by atoms with Crippen LogP contribution in [-0.2, 0) is 18.7 Å². The van der Waals surface area contributed by atoms with Crippen LogP contribution >= 0.6 is 0 Å². The minimum absolute atomic E-state index is 0.608. The molecular formula is C15H22N2O. The van der Waals surface area contributed by atoms with E-state index in [0.717, 1.165) is 44.6 Å². The second kappa shape index (κ2) is 4.34. The second-order valence-electron chi connectivity index (χ2n) is 5.99. The molecule has 2 aliphatic rings. The fraction of sp³-hybridized carbons (Fsp3) is 0.600. The van der Waals surface area contributed by atoms with Crippen LogP contribution in [0.25, 0.3) is 0 Å². The van der Waals surface area contributed by atoms with Gasteiger partial charge < -0.3 is 10.0 Å². The van der Waals surface area contributed by atoms with Gasteiger partial charge in [0.05, 0.1) is 5.60 Å². The molecule has 0 radical (unpaired) electrons. The van der Waals surface area contributed by atoms with Crippen LogP contribution in [0.4, 0.5) is 0 Å². The molecule has 0 atom stereocenters. The predicted molar refractivity (Wildman–Crippen MR) is 72.2 cm³/mol. The Hall–Kier alpha value is -0.900. The van der Waals surface area contributed by atoms with Crippen molar-refractivity contribution >= 4 is 0 Å². The summed E-state index contributed by atoms with van der Waals surface area (Å²) in [6.07, 6.45) is 1.69. The first-order valence-corrected chi connectivity index (χ1v) is 6.79. The van der Waals surface area contributed by atoms with Crippen molar-refractivity contribution in [3.05, 3.63) is 34.9 Å². The van der Waals surface area contributed by atoms with Gasteiger partial charge in [-0.1, -0.05) is 18.2 Å². The van der Waals surface area contributed by atoms with E-state index in [4.69, 9.17) is 0 Å². The number of rotatable bonds is 1. The summed E-state index contributed by atoms with van der Waals surface area (Å²) in [4.78, 5) is 4.60. The fourth-order valence-electron chi connectivity index (χ4n) is 3.13. The summed E-state index contributed by atoms with van der Waals surface area (Å²) in [7, 11) is 4.27. The first kappa shape index (κ1) is 12.2. The van der Waals surface area contributed by atoms with Crippen molar-refractivity contribution in [2.45, 2.75) is 31.5 Å². The zero-order valence-corrected chi connectivity index (χ0v) is 11.3. The van der Waals surface area contributed by atoms with E-state index in [2.05, 4.69) is 42.1 Å². The van der Waals surface area contributed by atoms with E-state index >= 15 is 0 Å². The number of hydrogen-bond donors (Lipinski definition) is 1. The number of likely N-dealkylation sites (tertiary alicyclic amines) is 1. The lowest BCUT2D eigenvalue weighted by atomic mass is 9.83. The first-order valence-electron chi connectivity index (χ1n) is 6.79. The largest absolute Gasteiger partial charge is 0.385 e. The average Bonchev–Trinajstić information content (AvgIpc) is 2.72. The van der Waals surface area contributed by atoms with Crippen LogP contribution in [0.5, 0.6) is 0 Å². The Morgan fingerprint density at radius 3 is 2.39 bits per heavy atom. The number of piperidine rings is 1. The molecule has 1 N–H and O–H groups in total. The third kappa shape index (κ3) is 2.07. The summed E-state index contributed by atoms with van der Waals surface area (Å²) >= 11 is 0. The molecule has 0 aliphatic carbocycles. The van der Waals surface area contributed by atoms with Gasteiger partial charge in [-0.2, -0.15) is 0 Å². The molecule has 0 saturated carbocycles. The fourth-order valence-corrected chi connectivity index (χ4v) is 3.13. The van der Waals surface area contributed by atoms with E-state index < -0.39 is 5.60 Å². The maximum Gasteiger partial charge on any atom is 0.0921 e. The minimum Gasteiger partial charge on any atom is -0.385 e. The molecule has 0 amide bonds. The highest BCUT2D eigenvalue weighted by atomic mass is 16.3. The van der Waals surface area contributed by atoms with Gasteiger partial charge in [-0.25, -0.2) is 0 Å². The third-order valence-electron chi connectivity index (χ3n) is 4.44. The van der Waals surface area contributed by atoms with E-state index in [0.29, 0.717) is 0 Å².